The number of nitrogens with zero attached hydrogens (tertiary/aromatic N) is 3. The van der Waals surface area contributed by atoms with Crippen LogP contribution in [0.4, 0.5) is 0 Å². The second-order valence-electron chi connectivity index (χ2n) is 5.18. The van der Waals surface area contributed by atoms with Gasteiger partial charge < -0.3 is 14.8 Å². The molecule has 0 saturated carbocycles. The van der Waals surface area contributed by atoms with Gasteiger partial charge in [0.15, 0.2) is 0 Å². The first-order valence-electron chi connectivity index (χ1n) is 6.65. The second kappa shape index (κ2) is 6.17. The lowest BCUT2D eigenvalue weighted by atomic mass is 10.1. The standard InChI is InChI=1S/C13H24N4/c1-12(9-16-5-3-4-6-16)10-17-11-15-8-13(17)7-14-2/h8,11-12,14H,3-7,9-10H2,1-2H3. The molecule has 0 bridgehead atoms. The monoisotopic (exact) mass is 236 g/mol. The van der Waals surface area contributed by atoms with Crippen molar-refractivity contribution in [1.82, 2.24) is 19.8 Å². The minimum absolute atomic E-state index is 0.693. The Hall–Kier alpha value is -0.870. The lowest BCUT2D eigenvalue weighted by Gasteiger charge is -2.21. The molecule has 1 aliphatic heterocycles. The van der Waals surface area contributed by atoms with E-state index in [1.165, 1.54) is 38.2 Å². The molecule has 2 heterocycles. The van der Waals surface area contributed by atoms with Gasteiger partial charge in [-0.25, -0.2) is 4.98 Å². The van der Waals surface area contributed by atoms with Crippen molar-refractivity contribution in [2.45, 2.75) is 32.9 Å². The Morgan fingerprint density at radius 3 is 2.82 bits per heavy atom. The number of imidazole rings is 1. The molecule has 1 fully saturated rings. The van der Waals surface area contributed by atoms with E-state index in [1.807, 2.05) is 19.6 Å². The van der Waals surface area contributed by atoms with E-state index in [1.54, 1.807) is 0 Å². The van der Waals surface area contributed by atoms with E-state index in [2.05, 4.69) is 26.7 Å². The topological polar surface area (TPSA) is 33.1 Å². The van der Waals surface area contributed by atoms with Crippen molar-refractivity contribution in [3.05, 3.63) is 18.2 Å². The van der Waals surface area contributed by atoms with Crippen LogP contribution in [0.15, 0.2) is 12.5 Å². The maximum Gasteiger partial charge on any atom is 0.0948 e. The summed E-state index contributed by atoms with van der Waals surface area (Å²) < 4.78 is 2.28. The van der Waals surface area contributed by atoms with Gasteiger partial charge in [-0.2, -0.15) is 0 Å². The molecule has 1 unspecified atom stereocenters. The molecule has 4 heteroatoms. The minimum atomic E-state index is 0.693. The largest absolute Gasteiger partial charge is 0.333 e. The van der Waals surface area contributed by atoms with E-state index in [-0.39, 0.29) is 0 Å². The Balaban J connectivity index is 1.83. The molecular formula is C13H24N4. The summed E-state index contributed by atoms with van der Waals surface area (Å²) in [5.41, 5.74) is 1.28. The Bertz CT molecular complexity index is 328. The summed E-state index contributed by atoms with van der Waals surface area (Å²) in [4.78, 5) is 6.82. The summed E-state index contributed by atoms with van der Waals surface area (Å²) in [5.74, 6) is 0.693. The molecule has 1 aliphatic rings. The molecule has 1 N–H and O–H groups in total. The van der Waals surface area contributed by atoms with E-state index >= 15 is 0 Å². The quantitative estimate of drug-likeness (QED) is 0.809. The molecule has 1 atom stereocenters. The SMILES string of the molecule is CNCc1cncn1CC(C)CN1CCCC1. The van der Waals surface area contributed by atoms with Gasteiger partial charge in [-0.15, -0.1) is 0 Å². The van der Waals surface area contributed by atoms with Gasteiger partial charge >= 0.3 is 0 Å². The van der Waals surface area contributed by atoms with Crippen molar-refractivity contribution in [2.24, 2.45) is 5.92 Å². The van der Waals surface area contributed by atoms with E-state index in [0.717, 1.165) is 13.1 Å². The first-order chi connectivity index (χ1) is 8.29. The van der Waals surface area contributed by atoms with Gasteiger partial charge in [0.05, 0.1) is 12.0 Å². The molecule has 2 rings (SSSR count). The van der Waals surface area contributed by atoms with Crippen LogP contribution in [0.5, 0.6) is 0 Å². The molecule has 4 nitrogen and oxygen atoms in total. The molecule has 1 saturated heterocycles. The maximum atomic E-state index is 4.23. The zero-order valence-electron chi connectivity index (χ0n) is 11.0. The highest BCUT2D eigenvalue weighted by atomic mass is 15.1. The highest BCUT2D eigenvalue weighted by Gasteiger charge is 2.15. The number of rotatable bonds is 6. The van der Waals surface area contributed by atoms with Crippen LogP contribution in [0, 0.1) is 5.92 Å². The van der Waals surface area contributed by atoms with Gasteiger partial charge in [0.1, 0.15) is 0 Å². The Kier molecular flexibility index (Phi) is 4.57. The van der Waals surface area contributed by atoms with Crippen LogP contribution in [0.2, 0.25) is 0 Å². The zero-order chi connectivity index (χ0) is 12.1. The van der Waals surface area contributed by atoms with Gasteiger partial charge in [-0.1, -0.05) is 6.92 Å². The molecule has 0 amide bonds. The lowest BCUT2D eigenvalue weighted by Crippen LogP contribution is -2.28. The van der Waals surface area contributed by atoms with E-state index in [0.29, 0.717) is 5.92 Å². The Morgan fingerprint density at radius 2 is 2.12 bits per heavy atom. The van der Waals surface area contributed by atoms with Crippen molar-refractivity contribution in [1.29, 1.82) is 0 Å². The molecular weight excluding hydrogens is 212 g/mol. The molecule has 1 aromatic heterocycles. The third-order valence-corrected chi connectivity index (χ3v) is 3.43. The Morgan fingerprint density at radius 1 is 1.35 bits per heavy atom. The number of aromatic nitrogens is 2. The van der Waals surface area contributed by atoms with E-state index < -0.39 is 0 Å². The average Bonchev–Trinajstić information content (AvgIpc) is 2.92. The van der Waals surface area contributed by atoms with Crippen LogP contribution >= 0.6 is 0 Å². The summed E-state index contributed by atoms with van der Waals surface area (Å²) in [6, 6.07) is 0. The van der Waals surface area contributed by atoms with Crippen molar-refractivity contribution >= 4 is 0 Å². The maximum absolute atomic E-state index is 4.23. The predicted molar refractivity (Wildman–Crippen MR) is 69.8 cm³/mol. The lowest BCUT2D eigenvalue weighted by molar-refractivity contribution is 0.270. The fraction of sp³-hybridized carbons (Fsp3) is 0.769. The number of hydrogen-bond donors (Lipinski definition) is 1. The normalized spacial score (nSPS) is 18.7. The Labute approximate surface area is 104 Å². The van der Waals surface area contributed by atoms with Gasteiger partial charge in [0, 0.05) is 25.8 Å². The molecule has 0 aromatic carbocycles. The number of hydrogen-bond acceptors (Lipinski definition) is 3. The fourth-order valence-electron chi connectivity index (χ4n) is 2.64. The van der Waals surface area contributed by atoms with Crippen LogP contribution in [-0.2, 0) is 13.1 Å². The van der Waals surface area contributed by atoms with Crippen LogP contribution in [0.3, 0.4) is 0 Å². The first kappa shape index (κ1) is 12.6. The third-order valence-electron chi connectivity index (χ3n) is 3.43. The van der Waals surface area contributed by atoms with Gasteiger partial charge in [-0.3, -0.25) is 0 Å². The highest BCUT2D eigenvalue weighted by molar-refractivity contribution is 4.97. The smallest absolute Gasteiger partial charge is 0.0948 e. The molecule has 96 valence electrons. The predicted octanol–water partition coefficient (Wildman–Crippen LogP) is 1.33. The van der Waals surface area contributed by atoms with Crippen LogP contribution < -0.4 is 5.32 Å². The van der Waals surface area contributed by atoms with Gasteiger partial charge in [0.2, 0.25) is 0 Å². The van der Waals surface area contributed by atoms with Crippen LogP contribution in [0.1, 0.15) is 25.5 Å². The van der Waals surface area contributed by atoms with E-state index in [9.17, 15) is 0 Å². The molecule has 0 spiro atoms. The average molecular weight is 236 g/mol. The number of likely N-dealkylation sites (tertiary alicyclic amines) is 1. The molecule has 1 aromatic rings. The second-order valence-corrected chi connectivity index (χ2v) is 5.18. The van der Waals surface area contributed by atoms with Crippen molar-refractivity contribution < 1.29 is 0 Å². The molecule has 17 heavy (non-hydrogen) atoms. The highest BCUT2D eigenvalue weighted by Crippen LogP contribution is 2.12. The van der Waals surface area contributed by atoms with Crippen molar-refractivity contribution in [2.75, 3.05) is 26.7 Å². The summed E-state index contributed by atoms with van der Waals surface area (Å²) in [6.07, 6.45) is 6.66. The third kappa shape index (κ3) is 3.54. The summed E-state index contributed by atoms with van der Waals surface area (Å²) >= 11 is 0. The summed E-state index contributed by atoms with van der Waals surface area (Å²) in [7, 11) is 1.98. The molecule has 0 radical (unpaired) electrons. The zero-order valence-corrected chi connectivity index (χ0v) is 11.0. The first-order valence-corrected chi connectivity index (χ1v) is 6.65. The van der Waals surface area contributed by atoms with Crippen LogP contribution in [0.25, 0.3) is 0 Å². The minimum Gasteiger partial charge on any atom is -0.333 e. The van der Waals surface area contributed by atoms with E-state index in [4.69, 9.17) is 0 Å². The van der Waals surface area contributed by atoms with Crippen LogP contribution in [-0.4, -0.2) is 41.1 Å². The summed E-state index contributed by atoms with van der Waals surface area (Å²) in [6.45, 7) is 8.11. The van der Waals surface area contributed by atoms with Gasteiger partial charge in [-0.05, 0) is 38.9 Å². The van der Waals surface area contributed by atoms with Crippen molar-refractivity contribution in [3.8, 4) is 0 Å². The van der Waals surface area contributed by atoms with Crippen molar-refractivity contribution in [3.63, 3.8) is 0 Å². The fourth-order valence-corrected chi connectivity index (χ4v) is 2.64. The molecule has 0 aliphatic carbocycles. The number of nitrogens with one attached hydrogen (secondary N) is 1. The summed E-state index contributed by atoms with van der Waals surface area (Å²) in [5, 5.41) is 3.19. The van der Waals surface area contributed by atoms with Gasteiger partial charge in [0.25, 0.3) is 0 Å².